The molecule has 0 bridgehead atoms. The second kappa shape index (κ2) is 9.96. The van der Waals surface area contributed by atoms with E-state index in [0.717, 1.165) is 11.1 Å². The second-order valence-electron chi connectivity index (χ2n) is 6.89. The molecule has 10 heteroatoms. The number of nitro groups is 1. The summed E-state index contributed by atoms with van der Waals surface area (Å²) >= 11 is 0. The number of pyridine rings is 1. The molecule has 0 saturated heterocycles. The van der Waals surface area contributed by atoms with Crippen LogP contribution in [0, 0.1) is 10.1 Å². The number of rotatable bonds is 8. The lowest BCUT2D eigenvalue weighted by atomic mass is 9.99. The zero-order chi connectivity index (χ0) is 23.0. The summed E-state index contributed by atoms with van der Waals surface area (Å²) in [5, 5.41) is 15.1. The van der Waals surface area contributed by atoms with Crippen LogP contribution in [0.2, 0.25) is 0 Å². The van der Waals surface area contributed by atoms with Crippen molar-refractivity contribution in [3.05, 3.63) is 118 Å². The number of nitrogens with one attached hydrogen (secondary N) is 3. The Morgan fingerprint density at radius 1 is 0.848 bits per heavy atom. The normalized spacial score (nSPS) is 10.5. The third-order valence-corrected chi connectivity index (χ3v) is 4.79. The average molecular weight is 441 g/mol. The summed E-state index contributed by atoms with van der Waals surface area (Å²) in [6.07, 6.45) is 4.12. The molecule has 33 heavy (non-hydrogen) atoms. The van der Waals surface area contributed by atoms with E-state index in [9.17, 15) is 14.9 Å². The van der Waals surface area contributed by atoms with Crippen molar-refractivity contribution in [1.82, 2.24) is 20.4 Å². The summed E-state index contributed by atoms with van der Waals surface area (Å²) in [7, 11) is 0. The lowest BCUT2D eigenvalue weighted by Crippen LogP contribution is -2.30. The van der Waals surface area contributed by atoms with Gasteiger partial charge in [0.2, 0.25) is 11.6 Å². The number of hydrogen-bond donors (Lipinski definition) is 3. The van der Waals surface area contributed by atoms with Crippen LogP contribution < -0.4 is 16.2 Å². The number of amides is 1. The van der Waals surface area contributed by atoms with E-state index >= 15 is 0 Å². The van der Waals surface area contributed by atoms with Crippen LogP contribution in [0.5, 0.6) is 0 Å². The monoisotopic (exact) mass is 441 g/mol. The average Bonchev–Trinajstić information content (AvgIpc) is 2.87. The lowest BCUT2D eigenvalue weighted by Gasteiger charge is -2.20. The summed E-state index contributed by atoms with van der Waals surface area (Å²) in [6.45, 7) is 0. The number of carbonyl (C=O) groups excluding carboxylic acids is 1. The van der Waals surface area contributed by atoms with Crippen molar-refractivity contribution in [3.63, 3.8) is 0 Å². The molecule has 0 aliphatic carbocycles. The van der Waals surface area contributed by atoms with E-state index in [1.165, 1.54) is 30.9 Å². The Labute approximate surface area is 188 Å². The van der Waals surface area contributed by atoms with Crippen molar-refractivity contribution in [2.45, 2.75) is 6.04 Å². The van der Waals surface area contributed by atoms with E-state index in [0.29, 0.717) is 5.56 Å². The van der Waals surface area contributed by atoms with Crippen LogP contribution in [0.25, 0.3) is 0 Å². The second-order valence-corrected chi connectivity index (χ2v) is 6.89. The number of hydrazine groups is 1. The van der Waals surface area contributed by atoms with Gasteiger partial charge in [-0.1, -0.05) is 60.7 Å². The fourth-order valence-corrected chi connectivity index (χ4v) is 3.23. The van der Waals surface area contributed by atoms with Gasteiger partial charge >= 0.3 is 5.69 Å². The van der Waals surface area contributed by atoms with E-state index in [-0.39, 0.29) is 11.6 Å². The fraction of sp³-hybridized carbons (Fsp3) is 0.0435. The lowest BCUT2D eigenvalue weighted by molar-refractivity contribution is -0.383. The highest BCUT2D eigenvalue weighted by molar-refractivity contribution is 5.94. The number of nitrogens with zero attached hydrogens (tertiary/aromatic N) is 4. The standard InChI is InChI=1S/C23H19N7O3/c31-23(18-11-13-24-14-12-18)29-28-22-20(30(32)33)21(25-15-26-22)27-19(16-7-3-1-4-8-16)17-9-5-2-6-10-17/h1-15,19H,(H,29,31)(H2,25,26,27,28). The first kappa shape index (κ1) is 21.4. The minimum atomic E-state index is -0.601. The number of aromatic nitrogens is 3. The Kier molecular flexibility index (Phi) is 6.45. The topological polar surface area (TPSA) is 135 Å². The van der Waals surface area contributed by atoms with Gasteiger partial charge in [0.25, 0.3) is 5.91 Å². The Morgan fingerprint density at radius 3 is 2.00 bits per heavy atom. The highest BCUT2D eigenvalue weighted by atomic mass is 16.6. The molecule has 0 unspecified atom stereocenters. The maximum atomic E-state index is 12.3. The molecule has 4 rings (SSSR count). The SMILES string of the molecule is O=C(NNc1ncnc(NC(c2ccccc2)c2ccccc2)c1[N+](=O)[O-])c1ccncc1. The van der Waals surface area contributed by atoms with E-state index in [1.807, 2.05) is 60.7 Å². The molecule has 10 nitrogen and oxygen atoms in total. The predicted octanol–water partition coefficient (Wildman–Crippen LogP) is 3.74. The predicted molar refractivity (Wildman–Crippen MR) is 122 cm³/mol. The maximum Gasteiger partial charge on any atom is 0.354 e. The van der Waals surface area contributed by atoms with E-state index in [2.05, 4.69) is 31.1 Å². The minimum Gasteiger partial charge on any atom is -0.353 e. The van der Waals surface area contributed by atoms with Crippen molar-refractivity contribution < 1.29 is 9.72 Å². The van der Waals surface area contributed by atoms with Crippen LogP contribution in [0.4, 0.5) is 17.3 Å². The summed E-state index contributed by atoms with van der Waals surface area (Å²) in [6, 6.07) is 21.7. The molecule has 1 amide bonds. The molecule has 164 valence electrons. The first-order valence-electron chi connectivity index (χ1n) is 9.95. The summed E-state index contributed by atoms with van der Waals surface area (Å²) in [4.78, 5) is 35.6. The first-order chi connectivity index (χ1) is 16.1. The summed E-state index contributed by atoms with van der Waals surface area (Å²) < 4.78 is 0. The molecule has 2 aromatic heterocycles. The highest BCUT2D eigenvalue weighted by Gasteiger charge is 2.26. The van der Waals surface area contributed by atoms with Gasteiger partial charge < -0.3 is 5.32 Å². The molecule has 2 heterocycles. The van der Waals surface area contributed by atoms with Crippen LogP contribution in [-0.4, -0.2) is 25.8 Å². The molecule has 0 aliphatic rings. The molecular formula is C23H19N7O3. The van der Waals surface area contributed by atoms with Crippen molar-refractivity contribution >= 4 is 23.2 Å². The Bertz CT molecular complexity index is 1200. The van der Waals surface area contributed by atoms with Crippen LogP contribution in [0.15, 0.2) is 91.5 Å². The Balaban J connectivity index is 1.64. The molecule has 0 atom stereocenters. The van der Waals surface area contributed by atoms with Crippen LogP contribution in [0.3, 0.4) is 0 Å². The summed E-state index contributed by atoms with van der Waals surface area (Å²) in [5.41, 5.74) is 6.68. The van der Waals surface area contributed by atoms with Gasteiger partial charge in [0.05, 0.1) is 11.0 Å². The number of hydrogen-bond acceptors (Lipinski definition) is 8. The maximum absolute atomic E-state index is 12.3. The molecule has 2 aromatic carbocycles. The van der Waals surface area contributed by atoms with Gasteiger partial charge in [0, 0.05) is 18.0 Å². The molecule has 4 aromatic rings. The van der Waals surface area contributed by atoms with Gasteiger partial charge in [-0.25, -0.2) is 9.97 Å². The molecule has 0 aliphatic heterocycles. The summed E-state index contributed by atoms with van der Waals surface area (Å²) in [5.74, 6) is -0.639. The highest BCUT2D eigenvalue weighted by Crippen LogP contribution is 2.33. The van der Waals surface area contributed by atoms with Gasteiger partial charge in [-0.05, 0) is 23.3 Å². The minimum absolute atomic E-state index is 0.00775. The van der Waals surface area contributed by atoms with E-state index < -0.39 is 22.6 Å². The van der Waals surface area contributed by atoms with Gasteiger partial charge in [0.1, 0.15) is 6.33 Å². The van der Waals surface area contributed by atoms with Crippen LogP contribution in [0.1, 0.15) is 27.5 Å². The van der Waals surface area contributed by atoms with Gasteiger partial charge in [-0.2, -0.15) is 0 Å². The number of carbonyl (C=O) groups is 1. The quantitative estimate of drug-likeness (QED) is 0.278. The molecular weight excluding hydrogens is 422 g/mol. The first-order valence-corrected chi connectivity index (χ1v) is 9.95. The van der Waals surface area contributed by atoms with E-state index in [1.54, 1.807) is 0 Å². The molecule has 0 spiro atoms. The van der Waals surface area contributed by atoms with Crippen molar-refractivity contribution in [1.29, 1.82) is 0 Å². The fourth-order valence-electron chi connectivity index (χ4n) is 3.23. The van der Waals surface area contributed by atoms with Gasteiger partial charge in [-0.15, -0.1) is 0 Å². The number of benzene rings is 2. The molecule has 0 fully saturated rings. The Hall–Kier alpha value is -4.86. The van der Waals surface area contributed by atoms with Crippen LogP contribution >= 0.6 is 0 Å². The third kappa shape index (κ3) is 5.07. The zero-order valence-electron chi connectivity index (χ0n) is 17.3. The smallest absolute Gasteiger partial charge is 0.353 e. The van der Waals surface area contributed by atoms with Gasteiger partial charge in [0.15, 0.2) is 0 Å². The van der Waals surface area contributed by atoms with Crippen molar-refractivity contribution in [3.8, 4) is 0 Å². The third-order valence-electron chi connectivity index (χ3n) is 4.79. The van der Waals surface area contributed by atoms with Crippen molar-refractivity contribution in [2.75, 3.05) is 10.7 Å². The number of anilines is 2. The molecule has 0 radical (unpaired) electrons. The molecule has 3 N–H and O–H groups in total. The van der Waals surface area contributed by atoms with Crippen molar-refractivity contribution in [2.24, 2.45) is 0 Å². The zero-order valence-corrected chi connectivity index (χ0v) is 17.3. The molecule has 0 saturated carbocycles. The van der Waals surface area contributed by atoms with Gasteiger partial charge in [-0.3, -0.25) is 30.7 Å². The van der Waals surface area contributed by atoms with Crippen LogP contribution in [-0.2, 0) is 0 Å². The van der Waals surface area contributed by atoms with E-state index in [4.69, 9.17) is 0 Å². The largest absolute Gasteiger partial charge is 0.354 e. The Morgan fingerprint density at radius 2 is 1.42 bits per heavy atom.